The summed E-state index contributed by atoms with van der Waals surface area (Å²) in [5.41, 5.74) is 0.960. The van der Waals surface area contributed by atoms with Crippen LogP contribution in [0.25, 0.3) is 0 Å². The number of benzene rings is 1. The Morgan fingerprint density at radius 2 is 1.76 bits per heavy atom. The Hall–Kier alpha value is -1.88. The monoisotopic (exact) mass is 398 g/mol. The summed E-state index contributed by atoms with van der Waals surface area (Å²) in [6.45, 7) is 5.86. The molecule has 2 saturated heterocycles. The lowest BCUT2D eigenvalue weighted by Crippen LogP contribution is -2.50. The number of amides is 2. The molecule has 0 aromatic heterocycles. The summed E-state index contributed by atoms with van der Waals surface area (Å²) < 4.78 is 5.25. The molecule has 5 heteroatoms. The van der Waals surface area contributed by atoms with Crippen LogP contribution in [0.3, 0.4) is 0 Å². The minimum absolute atomic E-state index is 0.110. The zero-order chi connectivity index (χ0) is 20.3. The number of piperidine rings is 1. The van der Waals surface area contributed by atoms with Crippen molar-refractivity contribution < 1.29 is 14.3 Å². The van der Waals surface area contributed by atoms with E-state index in [0.29, 0.717) is 24.8 Å². The Balaban J connectivity index is 1.29. The van der Waals surface area contributed by atoms with Gasteiger partial charge in [0.2, 0.25) is 11.8 Å². The van der Waals surface area contributed by atoms with Gasteiger partial charge in [-0.15, -0.1) is 0 Å². The van der Waals surface area contributed by atoms with Crippen molar-refractivity contribution in [3.05, 3.63) is 35.9 Å². The van der Waals surface area contributed by atoms with Crippen molar-refractivity contribution in [2.75, 3.05) is 32.8 Å². The van der Waals surface area contributed by atoms with Gasteiger partial charge in [0.05, 0.1) is 18.6 Å². The average Bonchev–Trinajstić information content (AvgIpc) is 3.23. The predicted molar refractivity (Wildman–Crippen MR) is 112 cm³/mol. The van der Waals surface area contributed by atoms with Crippen LogP contribution in [-0.4, -0.2) is 49.6 Å². The number of nitrogens with zero attached hydrogens (tertiary/aromatic N) is 1. The molecule has 0 bridgehead atoms. The van der Waals surface area contributed by atoms with Gasteiger partial charge >= 0.3 is 0 Å². The molecule has 5 nitrogen and oxygen atoms in total. The molecule has 158 valence electrons. The lowest BCUT2D eigenvalue weighted by Gasteiger charge is -2.39. The zero-order valence-electron chi connectivity index (χ0n) is 17.6. The second-order valence-electron chi connectivity index (χ2n) is 9.68. The summed E-state index contributed by atoms with van der Waals surface area (Å²) in [7, 11) is 0. The van der Waals surface area contributed by atoms with Gasteiger partial charge in [-0.25, -0.2) is 0 Å². The molecular formula is C24H34N2O3. The summed E-state index contributed by atoms with van der Waals surface area (Å²) in [5, 5.41) is 3.08. The fourth-order valence-electron chi connectivity index (χ4n) is 5.20. The minimum Gasteiger partial charge on any atom is -0.380 e. The van der Waals surface area contributed by atoms with Crippen molar-refractivity contribution in [1.82, 2.24) is 10.2 Å². The summed E-state index contributed by atoms with van der Waals surface area (Å²) in [4.78, 5) is 27.9. The van der Waals surface area contributed by atoms with Crippen molar-refractivity contribution >= 4 is 11.8 Å². The van der Waals surface area contributed by atoms with Gasteiger partial charge in [0, 0.05) is 31.5 Å². The Kier molecular flexibility index (Phi) is 5.95. The smallest absolute Gasteiger partial charge is 0.233 e. The van der Waals surface area contributed by atoms with Crippen LogP contribution in [0.1, 0.15) is 57.4 Å². The van der Waals surface area contributed by atoms with Gasteiger partial charge < -0.3 is 15.0 Å². The quantitative estimate of drug-likeness (QED) is 0.800. The van der Waals surface area contributed by atoms with Gasteiger partial charge in [-0.3, -0.25) is 9.59 Å². The van der Waals surface area contributed by atoms with E-state index in [1.165, 1.54) is 5.56 Å². The standard InChI is InChI=1S/C24H34N2O3/c1-23(17-29-18-23)16-25-21(27)15-19-9-13-26(14-10-19)22(28)24(11-5-6-12-24)20-7-3-2-4-8-20/h2-4,7-8,19H,5-6,9-18H2,1H3,(H,25,27). The third kappa shape index (κ3) is 4.35. The lowest BCUT2D eigenvalue weighted by molar-refractivity contribution is -0.139. The van der Waals surface area contributed by atoms with Crippen LogP contribution in [0.5, 0.6) is 0 Å². The SMILES string of the molecule is CC1(CNC(=O)CC2CCN(C(=O)C3(c4ccccc4)CCCC3)CC2)COC1. The molecule has 1 saturated carbocycles. The largest absolute Gasteiger partial charge is 0.380 e. The highest BCUT2D eigenvalue weighted by molar-refractivity contribution is 5.88. The molecule has 0 unspecified atom stereocenters. The highest BCUT2D eigenvalue weighted by Gasteiger charge is 2.45. The Morgan fingerprint density at radius 3 is 2.34 bits per heavy atom. The summed E-state index contributed by atoms with van der Waals surface area (Å²) in [6, 6.07) is 10.3. The van der Waals surface area contributed by atoms with E-state index in [2.05, 4.69) is 29.3 Å². The van der Waals surface area contributed by atoms with E-state index in [1.54, 1.807) is 0 Å². The van der Waals surface area contributed by atoms with Gasteiger partial charge in [0.25, 0.3) is 0 Å². The summed E-state index contributed by atoms with van der Waals surface area (Å²) >= 11 is 0. The number of hydrogen-bond donors (Lipinski definition) is 1. The Bertz CT molecular complexity index is 715. The van der Waals surface area contributed by atoms with Crippen molar-refractivity contribution in [2.45, 2.75) is 57.3 Å². The average molecular weight is 399 g/mol. The topological polar surface area (TPSA) is 58.6 Å². The van der Waals surface area contributed by atoms with Gasteiger partial charge in [0.1, 0.15) is 0 Å². The molecule has 3 fully saturated rings. The van der Waals surface area contributed by atoms with E-state index in [4.69, 9.17) is 4.74 Å². The van der Waals surface area contributed by atoms with Crippen molar-refractivity contribution in [3.63, 3.8) is 0 Å². The van der Waals surface area contributed by atoms with Crippen LogP contribution in [-0.2, 0) is 19.7 Å². The highest BCUT2D eigenvalue weighted by Crippen LogP contribution is 2.43. The number of hydrogen-bond acceptors (Lipinski definition) is 3. The molecule has 1 aromatic carbocycles. The van der Waals surface area contributed by atoms with Crippen LogP contribution in [0.15, 0.2) is 30.3 Å². The normalized spacial score (nSPS) is 23.4. The molecule has 29 heavy (non-hydrogen) atoms. The first-order chi connectivity index (χ1) is 14.0. The van der Waals surface area contributed by atoms with Crippen LogP contribution < -0.4 is 5.32 Å². The highest BCUT2D eigenvalue weighted by atomic mass is 16.5. The first-order valence-corrected chi connectivity index (χ1v) is 11.2. The van der Waals surface area contributed by atoms with Crippen LogP contribution >= 0.6 is 0 Å². The van der Waals surface area contributed by atoms with E-state index in [0.717, 1.165) is 64.8 Å². The lowest BCUT2D eigenvalue weighted by atomic mass is 9.77. The Morgan fingerprint density at radius 1 is 1.10 bits per heavy atom. The number of likely N-dealkylation sites (tertiary alicyclic amines) is 1. The fourth-order valence-corrected chi connectivity index (χ4v) is 5.20. The third-order valence-corrected chi connectivity index (χ3v) is 7.18. The minimum atomic E-state index is -0.328. The molecule has 3 aliphatic rings. The molecule has 1 aliphatic carbocycles. The molecule has 2 amide bonds. The molecule has 1 N–H and O–H groups in total. The maximum atomic E-state index is 13.5. The maximum Gasteiger partial charge on any atom is 0.233 e. The van der Waals surface area contributed by atoms with E-state index >= 15 is 0 Å². The second kappa shape index (κ2) is 8.47. The van der Waals surface area contributed by atoms with Crippen LogP contribution in [0.4, 0.5) is 0 Å². The fraction of sp³-hybridized carbons (Fsp3) is 0.667. The van der Waals surface area contributed by atoms with E-state index in [-0.39, 0.29) is 16.7 Å². The number of ether oxygens (including phenoxy) is 1. The third-order valence-electron chi connectivity index (χ3n) is 7.18. The zero-order valence-corrected chi connectivity index (χ0v) is 17.6. The van der Waals surface area contributed by atoms with Crippen molar-refractivity contribution in [1.29, 1.82) is 0 Å². The molecule has 4 rings (SSSR count). The first kappa shape index (κ1) is 20.4. The summed E-state index contributed by atoms with van der Waals surface area (Å²) in [5.74, 6) is 0.821. The number of nitrogens with one attached hydrogen (secondary N) is 1. The molecule has 0 spiro atoms. The predicted octanol–water partition coefficient (Wildman–Crippen LogP) is 3.28. The molecule has 2 heterocycles. The molecule has 1 aromatic rings. The van der Waals surface area contributed by atoms with E-state index in [9.17, 15) is 9.59 Å². The molecule has 0 atom stereocenters. The van der Waals surface area contributed by atoms with Crippen LogP contribution in [0, 0.1) is 11.3 Å². The summed E-state index contributed by atoms with van der Waals surface area (Å²) in [6.07, 6.45) is 6.58. The van der Waals surface area contributed by atoms with Gasteiger partial charge in [-0.2, -0.15) is 0 Å². The molecule has 0 radical (unpaired) electrons. The molecular weight excluding hydrogens is 364 g/mol. The Labute approximate surface area is 174 Å². The number of carbonyl (C=O) groups is 2. The maximum absolute atomic E-state index is 13.5. The van der Waals surface area contributed by atoms with Gasteiger partial charge in [-0.05, 0) is 37.2 Å². The number of rotatable bonds is 6. The van der Waals surface area contributed by atoms with Crippen molar-refractivity contribution in [2.24, 2.45) is 11.3 Å². The van der Waals surface area contributed by atoms with Crippen molar-refractivity contribution in [3.8, 4) is 0 Å². The molecule has 2 aliphatic heterocycles. The van der Waals surface area contributed by atoms with E-state index in [1.807, 2.05) is 18.2 Å². The van der Waals surface area contributed by atoms with Gasteiger partial charge in [0.15, 0.2) is 0 Å². The van der Waals surface area contributed by atoms with Gasteiger partial charge in [-0.1, -0.05) is 50.1 Å². The second-order valence-corrected chi connectivity index (χ2v) is 9.68. The van der Waals surface area contributed by atoms with E-state index < -0.39 is 0 Å². The number of carbonyl (C=O) groups excluding carboxylic acids is 2. The first-order valence-electron chi connectivity index (χ1n) is 11.2. The van der Waals surface area contributed by atoms with Crippen LogP contribution in [0.2, 0.25) is 0 Å².